The van der Waals surface area contributed by atoms with Gasteiger partial charge in [-0.05, 0) is 84.0 Å². The van der Waals surface area contributed by atoms with Gasteiger partial charge in [-0.25, -0.2) is 4.98 Å². The number of aldehydes is 1. The number of anilines is 1. The maximum absolute atomic E-state index is 14.3. The predicted octanol–water partition coefficient (Wildman–Crippen LogP) is 7.94. The zero-order valence-corrected chi connectivity index (χ0v) is 26.2. The van der Waals surface area contributed by atoms with Gasteiger partial charge in [-0.1, -0.05) is 42.5 Å². The number of rotatable bonds is 8. The molecule has 6 rings (SSSR count). The van der Waals surface area contributed by atoms with Gasteiger partial charge in [-0.3, -0.25) is 9.69 Å². The number of nitrogens with two attached hydrogens (primary N) is 1. The highest BCUT2D eigenvalue weighted by atomic mass is 19.4. The first-order valence-corrected chi connectivity index (χ1v) is 15.2. The zero-order valence-electron chi connectivity index (χ0n) is 26.2. The lowest BCUT2D eigenvalue weighted by molar-refractivity contribution is -0.137. The van der Waals surface area contributed by atoms with Crippen molar-refractivity contribution in [1.82, 2.24) is 9.88 Å². The molecule has 0 amide bonds. The average molecular weight is 642 g/mol. The van der Waals surface area contributed by atoms with Gasteiger partial charge < -0.3 is 20.0 Å². The Bertz CT molecular complexity index is 2010. The summed E-state index contributed by atoms with van der Waals surface area (Å²) in [6.07, 6.45) is -0.601. The second-order valence-electron chi connectivity index (χ2n) is 11.9. The highest BCUT2D eigenvalue weighted by Gasteiger charge is 2.34. The maximum Gasteiger partial charge on any atom is 0.417 e. The van der Waals surface area contributed by atoms with Gasteiger partial charge in [-0.15, -0.1) is 0 Å². The van der Waals surface area contributed by atoms with Crippen LogP contribution in [0.5, 0.6) is 5.75 Å². The molecule has 242 valence electrons. The highest BCUT2D eigenvalue weighted by Crippen LogP contribution is 2.39. The minimum Gasteiger partial charge on any atom is -0.496 e. The standard InChI is InChI=1S/C37H34F3N3O4/c1-21-24(10-11-25-17-34(46-3)26(16-31(25)37(38,39)40)18-43-13-12-27(45)19-43)6-4-7-28(21)29-8-5-9-30(22(29)2)36-42-33-15-23(20-44)14-32(41)35(33)47-36/h4-11,14-17,20,27,45H,12-13,18-19,41H2,1-3H3/b11-10+. The number of ether oxygens (including phenoxy) is 1. The molecule has 47 heavy (non-hydrogen) atoms. The summed E-state index contributed by atoms with van der Waals surface area (Å²) in [6, 6.07) is 17.2. The smallest absolute Gasteiger partial charge is 0.417 e. The van der Waals surface area contributed by atoms with Crippen LogP contribution in [0, 0.1) is 13.8 Å². The summed E-state index contributed by atoms with van der Waals surface area (Å²) in [4.78, 5) is 17.8. The number of carbonyl (C=O) groups is 1. The van der Waals surface area contributed by atoms with Crippen molar-refractivity contribution in [3.8, 4) is 28.3 Å². The van der Waals surface area contributed by atoms with E-state index in [4.69, 9.17) is 14.9 Å². The first kappa shape index (κ1) is 32.0. The average Bonchev–Trinajstić information content (AvgIpc) is 3.66. The lowest BCUT2D eigenvalue weighted by Gasteiger charge is -2.20. The van der Waals surface area contributed by atoms with E-state index in [1.807, 2.05) is 55.1 Å². The first-order chi connectivity index (χ1) is 22.5. The van der Waals surface area contributed by atoms with Crippen LogP contribution in [0.2, 0.25) is 0 Å². The van der Waals surface area contributed by atoms with E-state index < -0.39 is 17.8 Å². The molecule has 0 radical (unpaired) electrons. The number of methoxy groups -OCH3 is 1. The van der Waals surface area contributed by atoms with Crippen LogP contribution < -0.4 is 10.5 Å². The molecule has 0 bridgehead atoms. The summed E-state index contributed by atoms with van der Waals surface area (Å²) >= 11 is 0. The Hall–Kier alpha value is -4.93. The van der Waals surface area contributed by atoms with Gasteiger partial charge in [0, 0.05) is 36.3 Å². The molecule has 0 spiro atoms. The van der Waals surface area contributed by atoms with Crippen molar-refractivity contribution in [2.45, 2.75) is 39.1 Å². The molecule has 1 fully saturated rings. The number of fused-ring (bicyclic) bond motifs is 1. The summed E-state index contributed by atoms with van der Waals surface area (Å²) in [7, 11) is 1.45. The van der Waals surface area contributed by atoms with E-state index in [1.165, 1.54) is 19.3 Å². The fraction of sp³-hybridized carbons (Fsp3) is 0.243. The fourth-order valence-electron chi connectivity index (χ4n) is 6.26. The molecule has 7 nitrogen and oxygen atoms in total. The van der Waals surface area contributed by atoms with Crippen LogP contribution in [0.15, 0.2) is 65.1 Å². The zero-order chi connectivity index (χ0) is 33.5. The van der Waals surface area contributed by atoms with Crippen LogP contribution >= 0.6 is 0 Å². The Morgan fingerprint density at radius 2 is 1.72 bits per heavy atom. The number of aromatic nitrogens is 1. The number of halogens is 3. The SMILES string of the molecule is COc1cc(/C=C/c2cccc(-c3cccc(-c4nc5cc(C=O)cc(N)c5o4)c3C)c2C)c(C(F)(F)F)cc1CN1CCC(O)C1. The van der Waals surface area contributed by atoms with Crippen molar-refractivity contribution in [2.24, 2.45) is 0 Å². The Morgan fingerprint density at radius 3 is 2.40 bits per heavy atom. The number of oxazole rings is 1. The van der Waals surface area contributed by atoms with Crippen LogP contribution in [-0.4, -0.2) is 47.6 Å². The number of nitrogen functional groups attached to an aromatic ring is 1. The van der Waals surface area contributed by atoms with E-state index in [0.29, 0.717) is 65.4 Å². The maximum atomic E-state index is 14.3. The third-order valence-corrected chi connectivity index (χ3v) is 8.75. The molecule has 1 unspecified atom stereocenters. The van der Waals surface area contributed by atoms with E-state index in [1.54, 1.807) is 18.2 Å². The molecule has 1 aliphatic rings. The minimum atomic E-state index is -4.58. The molecule has 2 heterocycles. The fourth-order valence-corrected chi connectivity index (χ4v) is 6.26. The van der Waals surface area contributed by atoms with Crippen molar-refractivity contribution in [3.63, 3.8) is 0 Å². The van der Waals surface area contributed by atoms with Gasteiger partial charge in [0.25, 0.3) is 0 Å². The molecule has 5 aromatic rings. The minimum absolute atomic E-state index is 0.00416. The summed E-state index contributed by atoms with van der Waals surface area (Å²) in [6.45, 7) is 5.16. The quantitative estimate of drug-likeness (QED) is 0.101. The summed E-state index contributed by atoms with van der Waals surface area (Å²) in [5, 5.41) is 9.88. The molecule has 3 N–H and O–H groups in total. The number of carbonyl (C=O) groups excluding carboxylic acids is 1. The number of nitrogens with zero attached hydrogens (tertiary/aromatic N) is 2. The van der Waals surface area contributed by atoms with Crippen molar-refractivity contribution >= 4 is 35.2 Å². The van der Waals surface area contributed by atoms with Gasteiger partial charge in [0.2, 0.25) is 5.89 Å². The number of hydrogen-bond acceptors (Lipinski definition) is 7. The normalized spacial score (nSPS) is 15.6. The number of β-amino-alcohol motifs (C(OH)–C–C–N with tert-alkyl or cyclic N) is 1. The molecule has 1 aromatic heterocycles. The van der Waals surface area contributed by atoms with Crippen molar-refractivity contribution in [3.05, 3.63) is 99.6 Å². The molecule has 1 saturated heterocycles. The van der Waals surface area contributed by atoms with Gasteiger partial charge in [0.05, 0.1) is 24.5 Å². The van der Waals surface area contributed by atoms with E-state index in [9.17, 15) is 23.1 Å². The Labute approximate surface area is 270 Å². The monoisotopic (exact) mass is 641 g/mol. The van der Waals surface area contributed by atoms with Gasteiger partial charge in [0.15, 0.2) is 5.58 Å². The number of likely N-dealkylation sites (tertiary alicyclic amines) is 1. The lowest BCUT2D eigenvalue weighted by Crippen LogP contribution is -2.22. The molecule has 0 saturated carbocycles. The van der Waals surface area contributed by atoms with Crippen LogP contribution in [0.25, 0.3) is 45.8 Å². The van der Waals surface area contributed by atoms with Crippen molar-refractivity contribution < 1.29 is 32.2 Å². The number of aliphatic hydroxyl groups excluding tert-OH is 1. The molecule has 1 aliphatic heterocycles. The number of hydrogen-bond donors (Lipinski definition) is 2. The summed E-state index contributed by atoms with van der Waals surface area (Å²) < 4.78 is 54.5. The summed E-state index contributed by atoms with van der Waals surface area (Å²) in [5.74, 6) is 0.723. The first-order valence-electron chi connectivity index (χ1n) is 15.2. The van der Waals surface area contributed by atoms with Crippen LogP contribution in [0.4, 0.5) is 18.9 Å². The molecule has 1 atom stereocenters. The number of aliphatic hydroxyl groups is 1. The Balaban J connectivity index is 1.35. The Kier molecular flexibility index (Phi) is 8.65. The van der Waals surface area contributed by atoms with Crippen molar-refractivity contribution in [1.29, 1.82) is 0 Å². The molecular formula is C37H34F3N3O4. The highest BCUT2D eigenvalue weighted by molar-refractivity contribution is 5.93. The third-order valence-electron chi connectivity index (χ3n) is 8.75. The topological polar surface area (TPSA) is 102 Å². The Morgan fingerprint density at radius 1 is 1.02 bits per heavy atom. The van der Waals surface area contributed by atoms with Crippen LogP contribution in [0.3, 0.4) is 0 Å². The van der Waals surface area contributed by atoms with Crippen molar-refractivity contribution in [2.75, 3.05) is 25.9 Å². The second-order valence-corrected chi connectivity index (χ2v) is 11.9. The van der Waals surface area contributed by atoms with Crippen LogP contribution in [0.1, 0.15) is 50.2 Å². The molecule has 0 aliphatic carbocycles. The van der Waals surface area contributed by atoms with E-state index in [-0.39, 0.29) is 12.1 Å². The van der Waals surface area contributed by atoms with E-state index in [0.717, 1.165) is 39.4 Å². The molecule has 4 aromatic carbocycles. The van der Waals surface area contributed by atoms with E-state index >= 15 is 0 Å². The third kappa shape index (κ3) is 6.39. The number of alkyl halides is 3. The van der Waals surface area contributed by atoms with Crippen LogP contribution in [-0.2, 0) is 12.7 Å². The predicted molar refractivity (Wildman–Crippen MR) is 177 cm³/mol. The lowest BCUT2D eigenvalue weighted by atomic mass is 9.91. The van der Waals surface area contributed by atoms with Gasteiger partial charge in [0.1, 0.15) is 17.6 Å². The summed E-state index contributed by atoms with van der Waals surface area (Å²) in [5.41, 5.74) is 12.5. The van der Waals surface area contributed by atoms with Gasteiger partial charge in [-0.2, -0.15) is 13.2 Å². The second kappa shape index (κ2) is 12.7. The van der Waals surface area contributed by atoms with Gasteiger partial charge >= 0.3 is 6.18 Å². The number of benzene rings is 4. The largest absolute Gasteiger partial charge is 0.496 e. The molecule has 10 heteroatoms. The van der Waals surface area contributed by atoms with E-state index in [2.05, 4.69) is 4.98 Å². The molecular weight excluding hydrogens is 607 g/mol.